The van der Waals surface area contributed by atoms with Gasteiger partial charge in [0.25, 0.3) is 0 Å². The summed E-state index contributed by atoms with van der Waals surface area (Å²) in [7, 11) is 0.831. The second-order valence-electron chi connectivity index (χ2n) is 4.78. The molecular formula is C15H21O7P. The second kappa shape index (κ2) is 8.24. The van der Waals surface area contributed by atoms with E-state index in [2.05, 4.69) is 9.47 Å². The van der Waals surface area contributed by atoms with Gasteiger partial charge in [-0.05, 0) is 12.5 Å². The molecule has 0 amide bonds. The number of rotatable bonds is 7. The van der Waals surface area contributed by atoms with Crippen LogP contribution in [0.1, 0.15) is 16.8 Å². The first-order valence-corrected chi connectivity index (χ1v) is 8.39. The predicted molar refractivity (Wildman–Crippen MR) is 83.1 cm³/mol. The van der Waals surface area contributed by atoms with Gasteiger partial charge in [-0.15, -0.1) is 0 Å². The van der Waals surface area contributed by atoms with Crippen LogP contribution in [0, 0.1) is 12.8 Å². The van der Waals surface area contributed by atoms with Crippen LogP contribution in [0.5, 0.6) is 0 Å². The van der Waals surface area contributed by atoms with Crippen LogP contribution < -0.4 is 0 Å². The molecule has 128 valence electrons. The molecule has 0 aliphatic carbocycles. The maximum atomic E-state index is 13.0. The third-order valence-electron chi connectivity index (χ3n) is 3.49. The number of aryl methyl sites for hydroxylation is 1. The number of ether oxygens (including phenoxy) is 2. The SMILES string of the molecule is COC(=O)C(C(=O)OC)[C@@H](c1ccc(C)cc1)P(=O)(OC)OC. The first-order valence-electron chi connectivity index (χ1n) is 6.78. The van der Waals surface area contributed by atoms with E-state index < -0.39 is 31.1 Å². The van der Waals surface area contributed by atoms with Gasteiger partial charge in [0.1, 0.15) is 5.66 Å². The first kappa shape index (κ1) is 19.4. The highest BCUT2D eigenvalue weighted by molar-refractivity contribution is 7.54. The van der Waals surface area contributed by atoms with Crippen LogP contribution in [0.15, 0.2) is 24.3 Å². The Balaban J connectivity index is 3.53. The summed E-state index contributed by atoms with van der Waals surface area (Å²) in [6, 6.07) is 6.85. The molecule has 0 radical (unpaired) electrons. The lowest BCUT2D eigenvalue weighted by molar-refractivity contribution is -0.159. The summed E-state index contributed by atoms with van der Waals surface area (Å²) in [6.45, 7) is 1.88. The van der Waals surface area contributed by atoms with Crippen LogP contribution in [0.25, 0.3) is 0 Å². The molecule has 1 aromatic carbocycles. The van der Waals surface area contributed by atoms with Gasteiger partial charge in [0.15, 0.2) is 5.92 Å². The third kappa shape index (κ3) is 4.19. The van der Waals surface area contributed by atoms with Gasteiger partial charge in [-0.2, -0.15) is 0 Å². The molecule has 0 saturated carbocycles. The maximum absolute atomic E-state index is 13.0. The van der Waals surface area contributed by atoms with Crippen LogP contribution in [0.3, 0.4) is 0 Å². The van der Waals surface area contributed by atoms with Gasteiger partial charge in [0.2, 0.25) is 0 Å². The molecule has 0 aliphatic heterocycles. The van der Waals surface area contributed by atoms with E-state index in [1.165, 1.54) is 14.2 Å². The predicted octanol–water partition coefficient (Wildman–Crippen LogP) is 2.48. The fourth-order valence-electron chi connectivity index (χ4n) is 2.23. The molecule has 0 spiro atoms. The molecule has 0 fully saturated rings. The standard InChI is InChI=1S/C15H21O7P/c1-10-6-8-11(9-7-10)13(23(18,21-4)22-5)12(14(16)19-2)15(17)20-3/h6-9,12-13H,1-5H3/t13-/m1/s1. The van der Waals surface area contributed by atoms with E-state index in [0.29, 0.717) is 5.56 Å². The number of esters is 2. The highest BCUT2D eigenvalue weighted by Gasteiger charge is 2.49. The van der Waals surface area contributed by atoms with Gasteiger partial charge in [0, 0.05) is 14.2 Å². The summed E-state index contributed by atoms with van der Waals surface area (Å²) < 4.78 is 32.3. The Morgan fingerprint density at radius 2 is 1.35 bits per heavy atom. The highest BCUT2D eigenvalue weighted by atomic mass is 31.2. The van der Waals surface area contributed by atoms with Crippen LogP contribution in [-0.4, -0.2) is 40.4 Å². The zero-order valence-corrected chi connectivity index (χ0v) is 14.7. The van der Waals surface area contributed by atoms with Crippen LogP contribution in [0.4, 0.5) is 0 Å². The van der Waals surface area contributed by atoms with Crippen molar-refractivity contribution >= 4 is 19.5 Å². The minimum absolute atomic E-state index is 0.448. The van der Waals surface area contributed by atoms with Crippen molar-refractivity contribution < 1.29 is 32.7 Å². The Bertz CT molecular complexity index is 572. The van der Waals surface area contributed by atoms with Crippen molar-refractivity contribution in [1.29, 1.82) is 0 Å². The number of hydrogen-bond donors (Lipinski definition) is 0. The van der Waals surface area contributed by atoms with E-state index >= 15 is 0 Å². The lowest BCUT2D eigenvalue weighted by Gasteiger charge is -2.28. The molecule has 0 N–H and O–H groups in total. The molecule has 1 aromatic rings. The number of methoxy groups -OCH3 is 2. The van der Waals surface area contributed by atoms with Crippen LogP contribution in [0.2, 0.25) is 0 Å². The van der Waals surface area contributed by atoms with E-state index in [-0.39, 0.29) is 0 Å². The molecule has 8 heteroatoms. The van der Waals surface area contributed by atoms with E-state index in [0.717, 1.165) is 19.8 Å². The monoisotopic (exact) mass is 344 g/mol. The van der Waals surface area contributed by atoms with Crippen molar-refractivity contribution in [3.05, 3.63) is 35.4 Å². The Morgan fingerprint density at radius 1 is 0.913 bits per heavy atom. The van der Waals surface area contributed by atoms with Gasteiger partial charge >= 0.3 is 19.5 Å². The average Bonchev–Trinajstić information content (AvgIpc) is 2.58. The van der Waals surface area contributed by atoms with Crippen LogP contribution >= 0.6 is 7.60 Å². The molecule has 0 aliphatic rings. The molecule has 1 rings (SSSR count). The topological polar surface area (TPSA) is 88.1 Å². The average molecular weight is 344 g/mol. The smallest absolute Gasteiger partial charge is 0.339 e. The summed E-state index contributed by atoms with van der Waals surface area (Å²) >= 11 is 0. The number of carbonyl (C=O) groups is 2. The largest absolute Gasteiger partial charge is 0.468 e. The van der Waals surface area contributed by atoms with Crippen molar-refractivity contribution in [3.8, 4) is 0 Å². The Hall–Kier alpha value is -1.69. The van der Waals surface area contributed by atoms with Gasteiger partial charge < -0.3 is 18.5 Å². The van der Waals surface area contributed by atoms with Crippen molar-refractivity contribution in [3.63, 3.8) is 0 Å². The van der Waals surface area contributed by atoms with Crippen molar-refractivity contribution in [2.24, 2.45) is 5.92 Å². The fraction of sp³-hybridized carbons (Fsp3) is 0.467. The number of hydrogen-bond acceptors (Lipinski definition) is 7. The van der Waals surface area contributed by atoms with Crippen molar-refractivity contribution in [2.75, 3.05) is 28.4 Å². The summed E-state index contributed by atoms with van der Waals surface area (Å²) in [5, 5.41) is 0. The van der Waals surface area contributed by atoms with E-state index in [4.69, 9.17) is 9.05 Å². The molecule has 0 saturated heterocycles. The fourth-order valence-corrected chi connectivity index (χ4v) is 3.98. The minimum atomic E-state index is -3.82. The van der Waals surface area contributed by atoms with Gasteiger partial charge in [-0.1, -0.05) is 29.8 Å². The lowest BCUT2D eigenvalue weighted by atomic mass is 9.98. The van der Waals surface area contributed by atoms with E-state index in [1.807, 2.05) is 6.92 Å². The first-order chi connectivity index (χ1) is 10.8. The second-order valence-corrected chi connectivity index (χ2v) is 7.15. The van der Waals surface area contributed by atoms with E-state index in [1.54, 1.807) is 24.3 Å². The maximum Gasteiger partial charge on any atom is 0.339 e. The van der Waals surface area contributed by atoms with Crippen LogP contribution in [-0.2, 0) is 32.7 Å². The minimum Gasteiger partial charge on any atom is -0.468 e. The molecule has 0 heterocycles. The lowest BCUT2D eigenvalue weighted by Crippen LogP contribution is -2.32. The zero-order valence-electron chi connectivity index (χ0n) is 13.8. The Kier molecular flexibility index (Phi) is 6.94. The Labute approximate surface area is 135 Å². The highest BCUT2D eigenvalue weighted by Crippen LogP contribution is 2.63. The van der Waals surface area contributed by atoms with Gasteiger partial charge in [0.05, 0.1) is 14.2 Å². The molecule has 0 unspecified atom stereocenters. The van der Waals surface area contributed by atoms with Gasteiger partial charge in [-0.25, -0.2) is 0 Å². The number of carbonyl (C=O) groups excluding carboxylic acids is 2. The quantitative estimate of drug-likeness (QED) is 0.426. The molecule has 1 atom stereocenters. The summed E-state index contributed by atoms with van der Waals surface area (Å²) in [4.78, 5) is 24.2. The number of benzene rings is 1. The molecule has 0 aromatic heterocycles. The van der Waals surface area contributed by atoms with Crippen molar-refractivity contribution in [2.45, 2.75) is 12.6 Å². The normalized spacial score (nSPS) is 12.8. The molecule has 7 nitrogen and oxygen atoms in total. The van der Waals surface area contributed by atoms with E-state index in [9.17, 15) is 14.2 Å². The zero-order chi connectivity index (χ0) is 17.6. The Morgan fingerprint density at radius 3 is 1.70 bits per heavy atom. The van der Waals surface area contributed by atoms with Crippen molar-refractivity contribution in [1.82, 2.24) is 0 Å². The molecular weight excluding hydrogens is 323 g/mol. The summed E-state index contributed by atoms with van der Waals surface area (Å²) in [5.41, 5.74) is 0.228. The molecule has 0 bridgehead atoms. The molecule has 23 heavy (non-hydrogen) atoms. The van der Waals surface area contributed by atoms with Gasteiger partial charge in [-0.3, -0.25) is 14.2 Å². The summed E-state index contributed by atoms with van der Waals surface area (Å²) in [5.74, 6) is -3.23. The third-order valence-corrected chi connectivity index (χ3v) is 5.79. The summed E-state index contributed by atoms with van der Waals surface area (Å²) in [6.07, 6.45) is 0.